The van der Waals surface area contributed by atoms with Gasteiger partial charge < -0.3 is 10.1 Å². The van der Waals surface area contributed by atoms with Crippen molar-refractivity contribution in [1.29, 1.82) is 0 Å². The predicted molar refractivity (Wildman–Crippen MR) is 88.7 cm³/mol. The van der Waals surface area contributed by atoms with Gasteiger partial charge in [-0.2, -0.15) is 13.2 Å². The standard InChI is InChI=1S/C19H17F4NO2/c20-14-7-8-16(17(10-14)26-11-19(21,22)23)24-18(25)9-13-6-5-12-3-1-2-4-15(12)13/h1-4,7-8,10,13H,5-6,9,11H2,(H,24,25). The molecule has 0 radical (unpaired) electrons. The zero-order valence-corrected chi connectivity index (χ0v) is 13.8. The molecule has 2 aromatic rings. The van der Waals surface area contributed by atoms with Crippen LogP contribution in [0.2, 0.25) is 0 Å². The van der Waals surface area contributed by atoms with E-state index in [-0.39, 0.29) is 29.7 Å². The van der Waals surface area contributed by atoms with E-state index in [1.165, 1.54) is 11.6 Å². The Hall–Kier alpha value is -2.57. The van der Waals surface area contributed by atoms with Crippen LogP contribution in [-0.4, -0.2) is 18.7 Å². The van der Waals surface area contributed by atoms with Gasteiger partial charge >= 0.3 is 6.18 Å². The first-order valence-electron chi connectivity index (χ1n) is 8.18. The molecule has 0 aliphatic heterocycles. The molecule has 0 saturated heterocycles. The average molecular weight is 367 g/mol. The van der Waals surface area contributed by atoms with E-state index in [9.17, 15) is 22.4 Å². The summed E-state index contributed by atoms with van der Waals surface area (Å²) in [5.41, 5.74) is 2.35. The first-order valence-corrected chi connectivity index (χ1v) is 8.18. The van der Waals surface area contributed by atoms with Crippen molar-refractivity contribution in [2.24, 2.45) is 0 Å². The highest BCUT2D eigenvalue weighted by Crippen LogP contribution is 2.36. The van der Waals surface area contributed by atoms with Gasteiger partial charge in [-0.1, -0.05) is 24.3 Å². The van der Waals surface area contributed by atoms with E-state index in [0.717, 1.165) is 30.5 Å². The fourth-order valence-electron chi connectivity index (χ4n) is 3.16. The summed E-state index contributed by atoms with van der Waals surface area (Å²) in [4.78, 5) is 12.3. The Balaban J connectivity index is 1.68. The van der Waals surface area contributed by atoms with Crippen LogP contribution in [0.5, 0.6) is 5.75 Å². The number of rotatable bonds is 5. The maximum atomic E-state index is 13.3. The first-order chi connectivity index (χ1) is 12.3. The van der Waals surface area contributed by atoms with Gasteiger partial charge in [0.2, 0.25) is 5.91 Å². The molecule has 138 valence electrons. The molecule has 1 N–H and O–H groups in total. The molecule has 3 rings (SSSR count). The van der Waals surface area contributed by atoms with Gasteiger partial charge in [0, 0.05) is 12.5 Å². The topological polar surface area (TPSA) is 38.3 Å². The number of halogens is 4. The third kappa shape index (κ3) is 4.53. The molecule has 1 unspecified atom stereocenters. The van der Waals surface area contributed by atoms with Crippen LogP contribution in [0.1, 0.15) is 29.9 Å². The lowest BCUT2D eigenvalue weighted by Gasteiger charge is -2.15. The van der Waals surface area contributed by atoms with Crippen LogP contribution in [-0.2, 0) is 11.2 Å². The van der Waals surface area contributed by atoms with Gasteiger partial charge in [0.25, 0.3) is 0 Å². The molecule has 0 bridgehead atoms. The number of benzene rings is 2. The maximum Gasteiger partial charge on any atom is 0.422 e. The summed E-state index contributed by atoms with van der Waals surface area (Å²) in [5, 5.41) is 2.53. The molecule has 0 heterocycles. The Morgan fingerprint density at radius 1 is 1.19 bits per heavy atom. The van der Waals surface area contributed by atoms with Gasteiger partial charge in [-0.25, -0.2) is 4.39 Å². The van der Waals surface area contributed by atoms with E-state index in [2.05, 4.69) is 10.1 Å². The van der Waals surface area contributed by atoms with Gasteiger partial charge in [-0.05, 0) is 42.0 Å². The molecule has 3 nitrogen and oxygen atoms in total. The van der Waals surface area contributed by atoms with Gasteiger partial charge in [-0.15, -0.1) is 0 Å². The molecule has 2 aromatic carbocycles. The molecular weight excluding hydrogens is 350 g/mol. The van der Waals surface area contributed by atoms with Crippen molar-refractivity contribution in [3.63, 3.8) is 0 Å². The summed E-state index contributed by atoms with van der Waals surface area (Å²) >= 11 is 0. The summed E-state index contributed by atoms with van der Waals surface area (Å²) in [6.07, 6.45) is -2.62. The number of nitrogens with one attached hydrogen (secondary N) is 1. The van der Waals surface area contributed by atoms with Crippen molar-refractivity contribution < 1.29 is 27.1 Å². The van der Waals surface area contributed by atoms with E-state index in [1.54, 1.807) is 0 Å². The molecule has 26 heavy (non-hydrogen) atoms. The zero-order valence-electron chi connectivity index (χ0n) is 13.8. The van der Waals surface area contributed by atoms with Crippen LogP contribution in [0.25, 0.3) is 0 Å². The summed E-state index contributed by atoms with van der Waals surface area (Å²) in [7, 11) is 0. The molecule has 1 aliphatic rings. The number of anilines is 1. The van der Waals surface area contributed by atoms with E-state index in [0.29, 0.717) is 0 Å². The Morgan fingerprint density at radius 2 is 1.96 bits per heavy atom. The predicted octanol–water partition coefficient (Wildman–Crippen LogP) is 4.83. The van der Waals surface area contributed by atoms with Crippen LogP contribution < -0.4 is 10.1 Å². The fourth-order valence-corrected chi connectivity index (χ4v) is 3.16. The second-order valence-corrected chi connectivity index (χ2v) is 6.23. The zero-order chi connectivity index (χ0) is 18.7. The molecular formula is C19H17F4NO2. The van der Waals surface area contributed by atoms with Crippen molar-refractivity contribution >= 4 is 11.6 Å². The summed E-state index contributed by atoms with van der Waals surface area (Å²) in [5.74, 6) is -1.38. The van der Waals surface area contributed by atoms with Crippen LogP contribution in [0.4, 0.5) is 23.2 Å². The van der Waals surface area contributed by atoms with E-state index >= 15 is 0 Å². The minimum Gasteiger partial charge on any atom is -0.482 e. The number of carbonyl (C=O) groups is 1. The third-order valence-corrected chi connectivity index (χ3v) is 4.30. The largest absolute Gasteiger partial charge is 0.482 e. The lowest BCUT2D eigenvalue weighted by molar-refractivity contribution is -0.153. The minimum absolute atomic E-state index is 0.0203. The molecule has 0 fully saturated rings. The molecule has 1 aliphatic carbocycles. The molecule has 0 spiro atoms. The van der Waals surface area contributed by atoms with Crippen molar-refractivity contribution in [2.45, 2.75) is 31.4 Å². The van der Waals surface area contributed by atoms with E-state index in [1.807, 2.05) is 24.3 Å². The van der Waals surface area contributed by atoms with Crippen molar-refractivity contribution in [3.05, 3.63) is 59.4 Å². The number of carbonyl (C=O) groups excluding carboxylic acids is 1. The Kier molecular flexibility index (Phi) is 5.15. The van der Waals surface area contributed by atoms with Crippen LogP contribution >= 0.6 is 0 Å². The minimum atomic E-state index is -4.55. The number of fused-ring (bicyclic) bond motifs is 1. The molecule has 0 saturated carbocycles. The number of alkyl halides is 3. The smallest absolute Gasteiger partial charge is 0.422 e. The van der Waals surface area contributed by atoms with Gasteiger partial charge in [0.1, 0.15) is 11.6 Å². The van der Waals surface area contributed by atoms with Crippen molar-refractivity contribution in [1.82, 2.24) is 0 Å². The SMILES string of the molecule is O=C(CC1CCc2ccccc21)Nc1ccc(F)cc1OCC(F)(F)F. The first kappa shape index (κ1) is 18.2. The Labute approximate surface area is 148 Å². The molecule has 0 aromatic heterocycles. The summed E-state index contributed by atoms with van der Waals surface area (Å²) in [6.45, 7) is -1.56. The van der Waals surface area contributed by atoms with E-state index < -0.39 is 18.6 Å². The number of aryl methyl sites for hydroxylation is 1. The molecule has 7 heteroatoms. The highest BCUT2D eigenvalue weighted by atomic mass is 19.4. The monoisotopic (exact) mass is 367 g/mol. The van der Waals surface area contributed by atoms with Crippen molar-refractivity contribution in [3.8, 4) is 5.75 Å². The summed E-state index contributed by atoms with van der Waals surface area (Å²) in [6, 6.07) is 10.9. The van der Waals surface area contributed by atoms with Crippen LogP contribution in [0.15, 0.2) is 42.5 Å². The summed E-state index contributed by atoms with van der Waals surface area (Å²) < 4.78 is 55.0. The average Bonchev–Trinajstić information content (AvgIpc) is 2.97. The fraction of sp³-hybridized carbons (Fsp3) is 0.316. The Morgan fingerprint density at radius 3 is 2.73 bits per heavy atom. The second kappa shape index (κ2) is 7.35. The molecule has 1 amide bonds. The number of hydrogen-bond acceptors (Lipinski definition) is 2. The Bertz CT molecular complexity index is 804. The van der Waals surface area contributed by atoms with Gasteiger partial charge in [0.15, 0.2) is 6.61 Å². The number of amides is 1. The van der Waals surface area contributed by atoms with Crippen LogP contribution in [0, 0.1) is 5.82 Å². The lowest BCUT2D eigenvalue weighted by Crippen LogP contribution is -2.21. The normalized spacial score (nSPS) is 16.2. The quantitative estimate of drug-likeness (QED) is 0.769. The number of hydrogen-bond donors (Lipinski definition) is 1. The van der Waals surface area contributed by atoms with E-state index in [4.69, 9.17) is 0 Å². The van der Waals surface area contributed by atoms with Gasteiger partial charge in [0.05, 0.1) is 5.69 Å². The molecule has 1 atom stereocenters. The highest BCUT2D eigenvalue weighted by molar-refractivity contribution is 5.92. The van der Waals surface area contributed by atoms with Crippen molar-refractivity contribution in [2.75, 3.05) is 11.9 Å². The lowest BCUT2D eigenvalue weighted by atomic mass is 9.97. The maximum absolute atomic E-state index is 13.3. The van der Waals surface area contributed by atoms with Gasteiger partial charge in [-0.3, -0.25) is 4.79 Å². The highest BCUT2D eigenvalue weighted by Gasteiger charge is 2.29. The number of ether oxygens (including phenoxy) is 1. The van der Waals surface area contributed by atoms with Crippen LogP contribution in [0.3, 0.4) is 0 Å². The second-order valence-electron chi connectivity index (χ2n) is 6.23. The third-order valence-electron chi connectivity index (χ3n) is 4.30.